The van der Waals surface area contributed by atoms with Crippen LogP contribution in [-0.2, 0) is 9.53 Å². The molecule has 2 heterocycles. The molecule has 0 atom stereocenters. The monoisotopic (exact) mass is 251 g/mol. The molecule has 2 fully saturated rings. The average molecular weight is 251 g/mol. The van der Waals surface area contributed by atoms with Crippen LogP contribution in [0.15, 0.2) is 0 Å². The number of carbonyl (C=O) groups is 1. The quantitative estimate of drug-likeness (QED) is 0.716. The molecule has 0 radical (unpaired) electrons. The summed E-state index contributed by atoms with van der Waals surface area (Å²) in [6, 6.07) is 2.38. The maximum atomic E-state index is 12.1. The van der Waals surface area contributed by atoms with Crippen LogP contribution in [0, 0.1) is 16.7 Å². The first-order valence-corrected chi connectivity index (χ1v) is 6.62. The van der Waals surface area contributed by atoms with E-state index < -0.39 is 0 Å². The maximum absolute atomic E-state index is 12.1. The molecule has 100 valence electrons. The largest absolute Gasteiger partial charge is 0.378 e. The van der Waals surface area contributed by atoms with E-state index >= 15 is 0 Å². The molecule has 0 aliphatic carbocycles. The highest BCUT2D eigenvalue weighted by atomic mass is 16.5. The highest BCUT2D eigenvalue weighted by Crippen LogP contribution is 2.29. The van der Waals surface area contributed by atoms with Gasteiger partial charge in [0.05, 0.1) is 31.2 Å². The Labute approximate surface area is 108 Å². The predicted octanol–water partition coefficient (Wildman–Crippen LogP) is 0.471. The van der Waals surface area contributed by atoms with Gasteiger partial charge >= 0.3 is 0 Å². The van der Waals surface area contributed by atoms with E-state index in [4.69, 9.17) is 10.00 Å². The van der Waals surface area contributed by atoms with Gasteiger partial charge in [0.15, 0.2) is 0 Å². The van der Waals surface area contributed by atoms with Crippen LogP contribution in [0.5, 0.6) is 0 Å². The summed E-state index contributed by atoms with van der Waals surface area (Å²) < 4.78 is 5.24. The van der Waals surface area contributed by atoms with Gasteiger partial charge in [0, 0.05) is 26.2 Å². The fraction of sp³-hybridized carbons (Fsp3) is 0.846. The summed E-state index contributed by atoms with van der Waals surface area (Å²) in [4.78, 5) is 16.1. The first-order valence-electron chi connectivity index (χ1n) is 6.62. The molecule has 0 N–H and O–H groups in total. The maximum Gasteiger partial charge on any atom is 0.236 e. The molecule has 1 amide bonds. The molecule has 5 heteroatoms. The normalized spacial score (nSPS) is 24.6. The van der Waals surface area contributed by atoms with Crippen LogP contribution >= 0.6 is 0 Å². The van der Waals surface area contributed by atoms with E-state index in [1.54, 1.807) is 0 Å². The Morgan fingerprint density at radius 1 is 1.28 bits per heavy atom. The van der Waals surface area contributed by atoms with Crippen molar-refractivity contribution >= 4 is 5.91 Å². The topological polar surface area (TPSA) is 56.6 Å². The first kappa shape index (κ1) is 13.3. The van der Waals surface area contributed by atoms with Crippen LogP contribution in [0.1, 0.15) is 19.8 Å². The van der Waals surface area contributed by atoms with Crippen molar-refractivity contribution in [3.05, 3.63) is 0 Å². The number of morpholine rings is 1. The third-order valence-corrected chi connectivity index (χ3v) is 3.95. The molecule has 0 aromatic rings. The summed E-state index contributed by atoms with van der Waals surface area (Å²) in [6.07, 6.45) is 1.72. The molecule has 18 heavy (non-hydrogen) atoms. The molecule has 5 nitrogen and oxygen atoms in total. The molecule has 0 unspecified atom stereocenters. The SMILES string of the molecule is CC1(C#N)CCN(CC(=O)N2CCOCC2)CC1. The molecule has 2 aliphatic rings. The predicted molar refractivity (Wildman–Crippen MR) is 66.8 cm³/mol. The van der Waals surface area contributed by atoms with Crippen LogP contribution < -0.4 is 0 Å². The number of hydrogen-bond acceptors (Lipinski definition) is 4. The molecule has 0 spiro atoms. The summed E-state index contributed by atoms with van der Waals surface area (Å²) in [6.45, 7) is 6.91. The summed E-state index contributed by atoms with van der Waals surface area (Å²) in [7, 11) is 0. The van der Waals surface area contributed by atoms with Crippen molar-refractivity contribution < 1.29 is 9.53 Å². The zero-order valence-electron chi connectivity index (χ0n) is 11.0. The van der Waals surface area contributed by atoms with E-state index in [9.17, 15) is 4.79 Å². The minimum atomic E-state index is -0.196. The Bertz CT molecular complexity index is 337. The minimum Gasteiger partial charge on any atom is -0.378 e. The lowest BCUT2D eigenvalue weighted by Gasteiger charge is -2.36. The van der Waals surface area contributed by atoms with E-state index in [0.29, 0.717) is 32.8 Å². The first-order chi connectivity index (χ1) is 8.63. The highest BCUT2D eigenvalue weighted by molar-refractivity contribution is 5.78. The van der Waals surface area contributed by atoms with Gasteiger partial charge in [-0.15, -0.1) is 0 Å². The van der Waals surface area contributed by atoms with E-state index in [2.05, 4.69) is 11.0 Å². The van der Waals surface area contributed by atoms with Gasteiger partial charge in [-0.25, -0.2) is 0 Å². The number of likely N-dealkylation sites (tertiary alicyclic amines) is 1. The molecule has 0 bridgehead atoms. The second kappa shape index (κ2) is 5.68. The zero-order valence-corrected chi connectivity index (χ0v) is 11.0. The Morgan fingerprint density at radius 2 is 1.89 bits per heavy atom. The second-order valence-corrected chi connectivity index (χ2v) is 5.44. The van der Waals surface area contributed by atoms with E-state index in [1.165, 1.54) is 0 Å². The third kappa shape index (κ3) is 3.21. The smallest absolute Gasteiger partial charge is 0.236 e. The highest BCUT2D eigenvalue weighted by Gasteiger charge is 2.31. The number of hydrogen-bond donors (Lipinski definition) is 0. The summed E-state index contributed by atoms with van der Waals surface area (Å²) in [5.74, 6) is 0.193. The van der Waals surface area contributed by atoms with Gasteiger partial charge < -0.3 is 9.64 Å². The van der Waals surface area contributed by atoms with Gasteiger partial charge in [0.2, 0.25) is 5.91 Å². The van der Waals surface area contributed by atoms with Crippen molar-refractivity contribution in [1.29, 1.82) is 5.26 Å². The Kier molecular flexibility index (Phi) is 4.20. The molecule has 2 saturated heterocycles. The lowest BCUT2D eigenvalue weighted by atomic mass is 9.82. The fourth-order valence-corrected chi connectivity index (χ4v) is 2.42. The van der Waals surface area contributed by atoms with Crippen LogP contribution in [0.2, 0.25) is 0 Å². The zero-order chi connectivity index (χ0) is 13.0. The Morgan fingerprint density at radius 3 is 2.44 bits per heavy atom. The van der Waals surface area contributed by atoms with Crippen molar-refractivity contribution in [3.8, 4) is 6.07 Å². The average Bonchev–Trinajstić information content (AvgIpc) is 2.42. The van der Waals surface area contributed by atoms with Crippen LogP contribution in [0.25, 0.3) is 0 Å². The lowest BCUT2D eigenvalue weighted by Crippen LogP contribution is -2.48. The van der Waals surface area contributed by atoms with Crippen LogP contribution in [0.3, 0.4) is 0 Å². The van der Waals surface area contributed by atoms with Gasteiger partial charge in [-0.3, -0.25) is 9.69 Å². The second-order valence-electron chi connectivity index (χ2n) is 5.44. The number of amides is 1. The molecular weight excluding hydrogens is 230 g/mol. The van der Waals surface area contributed by atoms with Crippen molar-refractivity contribution in [2.45, 2.75) is 19.8 Å². The summed E-state index contributed by atoms with van der Waals surface area (Å²) in [5.41, 5.74) is -0.196. The van der Waals surface area contributed by atoms with Crippen molar-refractivity contribution in [2.75, 3.05) is 45.9 Å². The number of carbonyl (C=O) groups excluding carboxylic acids is 1. The van der Waals surface area contributed by atoms with Gasteiger partial charge in [0.1, 0.15) is 0 Å². The minimum absolute atomic E-state index is 0.193. The van der Waals surface area contributed by atoms with Gasteiger partial charge in [-0.2, -0.15) is 5.26 Å². The van der Waals surface area contributed by atoms with Gasteiger partial charge in [0.25, 0.3) is 0 Å². The van der Waals surface area contributed by atoms with E-state index in [-0.39, 0.29) is 11.3 Å². The van der Waals surface area contributed by atoms with Crippen molar-refractivity contribution in [3.63, 3.8) is 0 Å². The number of ether oxygens (including phenoxy) is 1. The van der Waals surface area contributed by atoms with Gasteiger partial charge in [-0.05, 0) is 19.8 Å². The Hall–Kier alpha value is -1.12. The third-order valence-electron chi connectivity index (χ3n) is 3.95. The standard InChI is InChI=1S/C13H21N3O2/c1-13(11-14)2-4-15(5-3-13)10-12(17)16-6-8-18-9-7-16/h2-10H2,1H3. The molecule has 2 rings (SSSR count). The van der Waals surface area contributed by atoms with Crippen LogP contribution in [0.4, 0.5) is 0 Å². The number of rotatable bonds is 2. The van der Waals surface area contributed by atoms with Crippen LogP contribution in [-0.4, -0.2) is 61.6 Å². The van der Waals surface area contributed by atoms with Crippen molar-refractivity contribution in [2.24, 2.45) is 5.41 Å². The molecule has 2 aliphatic heterocycles. The summed E-state index contributed by atoms with van der Waals surface area (Å²) >= 11 is 0. The number of piperidine rings is 1. The van der Waals surface area contributed by atoms with E-state index in [1.807, 2.05) is 11.8 Å². The lowest BCUT2D eigenvalue weighted by molar-refractivity contribution is -0.136. The number of nitrogens with zero attached hydrogens (tertiary/aromatic N) is 3. The van der Waals surface area contributed by atoms with E-state index in [0.717, 1.165) is 25.9 Å². The van der Waals surface area contributed by atoms with Gasteiger partial charge in [-0.1, -0.05) is 0 Å². The molecule has 0 saturated carbocycles. The molecule has 0 aromatic heterocycles. The Balaban J connectivity index is 1.77. The fourth-order valence-electron chi connectivity index (χ4n) is 2.42. The molecular formula is C13H21N3O2. The summed E-state index contributed by atoms with van der Waals surface area (Å²) in [5, 5.41) is 9.06. The van der Waals surface area contributed by atoms with Crippen molar-refractivity contribution in [1.82, 2.24) is 9.80 Å². The number of nitriles is 1. The molecule has 0 aromatic carbocycles.